The number of aryl methyl sites for hydroxylation is 1. The fraction of sp³-hybridized carbons (Fsp3) is 0.231. The molecule has 2 rings (SSSR count). The Balaban J connectivity index is 2.54. The van der Waals surface area contributed by atoms with Gasteiger partial charge in [0.1, 0.15) is 5.82 Å². The van der Waals surface area contributed by atoms with Gasteiger partial charge in [0.05, 0.1) is 11.1 Å². The molecule has 0 saturated carbocycles. The molecule has 0 aliphatic rings. The second kappa shape index (κ2) is 5.10. The van der Waals surface area contributed by atoms with E-state index in [1.165, 1.54) is 12.1 Å². The molecule has 1 aromatic carbocycles. The molecule has 0 aliphatic heterocycles. The Bertz CT molecular complexity index is 598. The highest BCUT2D eigenvalue weighted by molar-refractivity contribution is 6.06. The van der Waals surface area contributed by atoms with Crippen LogP contribution in [-0.4, -0.2) is 24.0 Å². The van der Waals surface area contributed by atoms with Gasteiger partial charge in [-0.2, -0.15) is 0 Å². The molecule has 3 N–H and O–H groups in total. The molecule has 2 aromatic rings. The number of halogens is 1. The van der Waals surface area contributed by atoms with Crippen molar-refractivity contribution in [3.05, 3.63) is 41.3 Å². The van der Waals surface area contributed by atoms with E-state index in [2.05, 4.69) is 10.3 Å². The number of aromatic nitrogens is 1. The van der Waals surface area contributed by atoms with E-state index in [1.807, 2.05) is 0 Å². The molecule has 0 fully saturated rings. The van der Waals surface area contributed by atoms with Crippen LogP contribution in [0.2, 0.25) is 0 Å². The molecule has 1 heterocycles. The minimum Gasteiger partial charge on any atom is -0.351 e. The van der Waals surface area contributed by atoms with Crippen LogP contribution >= 0.6 is 0 Å². The summed E-state index contributed by atoms with van der Waals surface area (Å²) < 4.78 is 13.3. The third-order valence-electron chi connectivity index (χ3n) is 2.57. The minimum atomic E-state index is -0.388. The molecule has 0 radical (unpaired) electrons. The average molecular weight is 247 g/mol. The van der Waals surface area contributed by atoms with E-state index < -0.39 is 0 Å². The fourth-order valence-electron chi connectivity index (χ4n) is 1.80. The van der Waals surface area contributed by atoms with Crippen LogP contribution in [0.3, 0.4) is 0 Å². The monoisotopic (exact) mass is 247 g/mol. The molecule has 4 nitrogen and oxygen atoms in total. The van der Waals surface area contributed by atoms with E-state index in [-0.39, 0.29) is 11.7 Å². The zero-order valence-electron chi connectivity index (χ0n) is 10.0. The summed E-state index contributed by atoms with van der Waals surface area (Å²) >= 11 is 0. The van der Waals surface area contributed by atoms with Crippen molar-refractivity contribution in [2.75, 3.05) is 13.1 Å². The van der Waals surface area contributed by atoms with Crippen LogP contribution in [0.5, 0.6) is 0 Å². The lowest BCUT2D eigenvalue weighted by Crippen LogP contribution is -2.29. The molecular weight excluding hydrogens is 233 g/mol. The standard InChI is InChI=1S/C13H14FN3O/c1-8-6-11(13(18)16-5-4-15)10-7-9(14)2-3-12(10)17-8/h2-3,6-7H,4-5,15H2,1H3,(H,16,18). The minimum absolute atomic E-state index is 0.262. The van der Waals surface area contributed by atoms with Crippen molar-refractivity contribution < 1.29 is 9.18 Å². The van der Waals surface area contributed by atoms with E-state index >= 15 is 0 Å². The predicted molar refractivity (Wildman–Crippen MR) is 67.8 cm³/mol. The number of nitrogens with zero attached hydrogens (tertiary/aromatic N) is 1. The molecule has 94 valence electrons. The Hall–Kier alpha value is -2.01. The number of carbonyl (C=O) groups excluding carboxylic acids is 1. The van der Waals surface area contributed by atoms with E-state index in [0.717, 1.165) is 0 Å². The normalized spacial score (nSPS) is 10.6. The summed E-state index contributed by atoms with van der Waals surface area (Å²) in [4.78, 5) is 16.2. The van der Waals surface area contributed by atoms with Gasteiger partial charge in [0.25, 0.3) is 5.91 Å². The lowest BCUT2D eigenvalue weighted by atomic mass is 10.1. The molecule has 1 aromatic heterocycles. The lowest BCUT2D eigenvalue weighted by molar-refractivity contribution is 0.0956. The Labute approximate surface area is 104 Å². The van der Waals surface area contributed by atoms with Gasteiger partial charge < -0.3 is 11.1 Å². The van der Waals surface area contributed by atoms with Crippen LogP contribution in [0, 0.1) is 12.7 Å². The van der Waals surface area contributed by atoms with E-state index in [1.54, 1.807) is 19.1 Å². The van der Waals surface area contributed by atoms with Gasteiger partial charge in [0.2, 0.25) is 0 Å². The van der Waals surface area contributed by atoms with E-state index in [9.17, 15) is 9.18 Å². The summed E-state index contributed by atoms with van der Waals surface area (Å²) in [5.41, 5.74) is 7.08. The van der Waals surface area contributed by atoms with Crippen molar-refractivity contribution in [2.45, 2.75) is 6.92 Å². The maximum Gasteiger partial charge on any atom is 0.252 e. The predicted octanol–water partition coefficient (Wildman–Crippen LogP) is 1.37. The highest BCUT2D eigenvalue weighted by Gasteiger charge is 2.12. The third-order valence-corrected chi connectivity index (χ3v) is 2.57. The van der Waals surface area contributed by atoms with Gasteiger partial charge in [0.15, 0.2) is 0 Å². The van der Waals surface area contributed by atoms with Crippen molar-refractivity contribution in [1.29, 1.82) is 0 Å². The summed E-state index contributed by atoms with van der Waals surface area (Å²) in [6.07, 6.45) is 0. The zero-order chi connectivity index (χ0) is 13.1. The first-order valence-corrected chi connectivity index (χ1v) is 5.67. The van der Waals surface area contributed by atoms with Crippen molar-refractivity contribution in [3.8, 4) is 0 Å². The lowest BCUT2D eigenvalue weighted by Gasteiger charge is -2.08. The summed E-state index contributed by atoms with van der Waals surface area (Å²) in [5.74, 6) is -0.650. The molecule has 0 bridgehead atoms. The first-order chi connectivity index (χ1) is 8.61. The van der Waals surface area contributed by atoms with Crippen molar-refractivity contribution >= 4 is 16.8 Å². The van der Waals surface area contributed by atoms with Crippen molar-refractivity contribution in [1.82, 2.24) is 10.3 Å². The fourth-order valence-corrected chi connectivity index (χ4v) is 1.80. The molecule has 0 atom stereocenters. The maximum atomic E-state index is 13.3. The van der Waals surface area contributed by atoms with Crippen molar-refractivity contribution in [3.63, 3.8) is 0 Å². The number of pyridine rings is 1. The molecule has 5 heteroatoms. The zero-order valence-corrected chi connectivity index (χ0v) is 10.0. The Morgan fingerprint density at radius 2 is 2.22 bits per heavy atom. The van der Waals surface area contributed by atoms with Crippen LogP contribution in [0.25, 0.3) is 10.9 Å². The van der Waals surface area contributed by atoms with Crippen molar-refractivity contribution in [2.24, 2.45) is 5.73 Å². The Kier molecular flexibility index (Phi) is 3.53. The first kappa shape index (κ1) is 12.4. The number of nitrogens with one attached hydrogen (secondary N) is 1. The molecule has 18 heavy (non-hydrogen) atoms. The topological polar surface area (TPSA) is 68.0 Å². The number of rotatable bonds is 3. The summed E-state index contributed by atoms with van der Waals surface area (Å²) in [6, 6.07) is 5.86. The van der Waals surface area contributed by atoms with Crippen LogP contribution in [0.4, 0.5) is 4.39 Å². The number of fused-ring (bicyclic) bond motifs is 1. The van der Waals surface area contributed by atoms with Crippen LogP contribution in [-0.2, 0) is 0 Å². The highest BCUT2D eigenvalue weighted by Crippen LogP contribution is 2.19. The average Bonchev–Trinajstić information content (AvgIpc) is 2.35. The number of amides is 1. The summed E-state index contributed by atoms with van der Waals surface area (Å²) in [7, 11) is 0. The van der Waals surface area contributed by atoms with Gasteiger partial charge in [-0.15, -0.1) is 0 Å². The number of nitrogens with two attached hydrogens (primary N) is 1. The van der Waals surface area contributed by atoms with Crippen LogP contribution < -0.4 is 11.1 Å². The molecule has 0 aliphatic carbocycles. The van der Waals surface area contributed by atoms with E-state index in [4.69, 9.17) is 5.73 Å². The van der Waals surface area contributed by atoms with Gasteiger partial charge in [0, 0.05) is 24.2 Å². The first-order valence-electron chi connectivity index (χ1n) is 5.67. The number of benzene rings is 1. The highest BCUT2D eigenvalue weighted by atomic mass is 19.1. The number of carbonyl (C=O) groups is 1. The maximum absolute atomic E-state index is 13.3. The van der Waals surface area contributed by atoms with Gasteiger partial charge in [-0.1, -0.05) is 0 Å². The third kappa shape index (κ3) is 2.46. The van der Waals surface area contributed by atoms with Gasteiger partial charge in [-0.05, 0) is 31.2 Å². The quantitative estimate of drug-likeness (QED) is 0.860. The van der Waals surface area contributed by atoms with Gasteiger partial charge >= 0.3 is 0 Å². The smallest absolute Gasteiger partial charge is 0.252 e. The molecule has 0 saturated heterocycles. The second-order valence-electron chi connectivity index (χ2n) is 4.02. The van der Waals surface area contributed by atoms with Gasteiger partial charge in [-0.25, -0.2) is 4.39 Å². The SMILES string of the molecule is Cc1cc(C(=O)NCCN)c2cc(F)ccc2n1. The van der Waals surface area contributed by atoms with Crippen LogP contribution in [0.1, 0.15) is 16.1 Å². The molecule has 0 unspecified atom stereocenters. The molecule has 1 amide bonds. The molecule has 0 spiro atoms. The van der Waals surface area contributed by atoms with Gasteiger partial charge in [-0.3, -0.25) is 9.78 Å². The Morgan fingerprint density at radius 1 is 1.44 bits per heavy atom. The number of hydrogen-bond acceptors (Lipinski definition) is 3. The largest absolute Gasteiger partial charge is 0.351 e. The summed E-state index contributed by atoms with van der Waals surface area (Å²) in [5, 5.41) is 3.18. The van der Waals surface area contributed by atoms with Crippen LogP contribution in [0.15, 0.2) is 24.3 Å². The second-order valence-corrected chi connectivity index (χ2v) is 4.02. The van der Waals surface area contributed by atoms with E-state index in [0.29, 0.717) is 35.2 Å². The Morgan fingerprint density at radius 3 is 2.94 bits per heavy atom. The molecular formula is C13H14FN3O. The summed E-state index contributed by atoms with van der Waals surface area (Å²) in [6.45, 7) is 2.54. The number of hydrogen-bond donors (Lipinski definition) is 2.